The highest BCUT2D eigenvalue weighted by atomic mass is 15.3. The molecule has 4 nitrogen and oxygen atoms in total. The number of nitrogens with zero attached hydrogens (tertiary/aromatic N) is 3. The van der Waals surface area contributed by atoms with E-state index in [2.05, 4.69) is 10.00 Å². The fourth-order valence-corrected chi connectivity index (χ4v) is 0.804. The Kier molecular flexibility index (Phi) is 2.48. The van der Waals surface area contributed by atoms with Gasteiger partial charge in [-0.2, -0.15) is 5.10 Å². The molecule has 11 heavy (non-hydrogen) atoms. The second kappa shape index (κ2) is 3.39. The van der Waals surface area contributed by atoms with Crippen molar-refractivity contribution in [2.24, 2.45) is 0 Å². The van der Waals surface area contributed by atoms with Gasteiger partial charge < -0.3 is 10.6 Å². The molecule has 1 aromatic rings. The number of hydrogen-bond acceptors (Lipinski definition) is 3. The van der Waals surface area contributed by atoms with E-state index in [0.717, 1.165) is 18.8 Å². The third-order valence-corrected chi connectivity index (χ3v) is 1.43. The van der Waals surface area contributed by atoms with Gasteiger partial charge in [0.05, 0.1) is 18.4 Å². The van der Waals surface area contributed by atoms with Gasteiger partial charge in [0.2, 0.25) is 0 Å². The van der Waals surface area contributed by atoms with Crippen molar-refractivity contribution in [3.8, 4) is 0 Å². The van der Waals surface area contributed by atoms with E-state index in [1.807, 2.05) is 25.0 Å². The Balaban J connectivity index is 0.00000121. The van der Waals surface area contributed by atoms with Crippen LogP contribution in [0.4, 0.5) is 5.69 Å². The van der Waals surface area contributed by atoms with Crippen LogP contribution in [0.5, 0.6) is 0 Å². The van der Waals surface area contributed by atoms with E-state index in [1.165, 1.54) is 0 Å². The lowest BCUT2D eigenvalue weighted by molar-refractivity contribution is 0.373. The summed E-state index contributed by atoms with van der Waals surface area (Å²) in [6, 6.07) is 0. The first kappa shape index (κ1) is 8.07. The molecule has 2 N–H and O–H groups in total. The average Bonchev–Trinajstić information content (AvgIpc) is 2.31. The highest BCUT2D eigenvalue weighted by Gasteiger charge is 1.94. The second-order valence-electron chi connectivity index (χ2n) is 2.84. The van der Waals surface area contributed by atoms with Gasteiger partial charge in [-0.1, -0.05) is 0 Å². The highest BCUT2D eigenvalue weighted by molar-refractivity contribution is 5.30. The monoisotopic (exact) mass is 156 g/mol. The molecule has 64 valence electrons. The van der Waals surface area contributed by atoms with Crippen LogP contribution in [0.3, 0.4) is 0 Å². The molecule has 0 aromatic carbocycles. The van der Waals surface area contributed by atoms with E-state index in [9.17, 15) is 0 Å². The summed E-state index contributed by atoms with van der Waals surface area (Å²) in [5, 5.41) is 4.05. The van der Waals surface area contributed by atoms with Gasteiger partial charge in [0.15, 0.2) is 0 Å². The summed E-state index contributed by atoms with van der Waals surface area (Å²) in [5.41, 5.74) is 6.21. The number of rotatable bonds is 3. The average molecular weight is 156 g/mol. The van der Waals surface area contributed by atoms with Crippen LogP contribution in [-0.2, 0) is 6.54 Å². The molecule has 0 atom stereocenters. The Morgan fingerprint density at radius 1 is 1.73 bits per heavy atom. The van der Waals surface area contributed by atoms with Crippen molar-refractivity contribution in [2.75, 3.05) is 26.4 Å². The number of aromatic nitrogens is 2. The molecule has 0 bridgehead atoms. The fourth-order valence-electron chi connectivity index (χ4n) is 0.804. The smallest absolute Gasteiger partial charge is 0.0719 e. The first-order chi connectivity index (χ1) is 5.18. The quantitative estimate of drug-likeness (QED) is 0.683. The molecule has 0 fully saturated rings. The molecule has 0 unspecified atom stereocenters. The van der Waals surface area contributed by atoms with Crippen LogP contribution in [0.25, 0.3) is 0 Å². The first-order valence-electron chi connectivity index (χ1n) is 3.61. The van der Waals surface area contributed by atoms with Crippen molar-refractivity contribution >= 4 is 5.69 Å². The van der Waals surface area contributed by atoms with E-state index >= 15 is 0 Å². The van der Waals surface area contributed by atoms with Gasteiger partial charge in [-0.05, 0) is 14.1 Å². The molecule has 0 aliphatic rings. The van der Waals surface area contributed by atoms with Gasteiger partial charge in [-0.15, -0.1) is 0 Å². The molecular formula is C7H16N4. The van der Waals surface area contributed by atoms with Gasteiger partial charge >= 0.3 is 0 Å². The normalized spacial score (nSPS) is 10.8. The van der Waals surface area contributed by atoms with E-state index in [4.69, 9.17) is 5.73 Å². The summed E-state index contributed by atoms with van der Waals surface area (Å²) < 4.78 is 1.84. The van der Waals surface area contributed by atoms with Gasteiger partial charge in [-0.3, -0.25) is 4.68 Å². The maximum Gasteiger partial charge on any atom is 0.0719 e. The maximum absolute atomic E-state index is 5.49. The molecule has 0 saturated heterocycles. The third kappa shape index (κ3) is 2.59. The Labute approximate surface area is 68.1 Å². The molecule has 0 saturated carbocycles. The molecule has 0 aliphatic heterocycles. The summed E-state index contributed by atoms with van der Waals surface area (Å²) >= 11 is 0. The van der Waals surface area contributed by atoms with Crippen LogP contribution in [0, 0.1) is 0 Å². The van der Waals surface area contributed by atoms with Crippen molar-refractivity contribution in [1.82, 2.24) is 14.7 Å². The first-order valence-corrected chi connectivity index (χ1v) is 3.61. The topological polar surface area (TPSA) is 47.1 Å². The lowest BCUT2D eigenvalue weighted by atomic mass is 10.5. The number of likely N-dealkylation sites (N-methyl/N-ethyl adjacent to an activating group) is 1. The lowest BCUT2D eigenvalue weighted by Gasteiger charge is -2.08. The molecule has 0 spiro atoms. The van der Waals surface area contributed by atoms with Gasteiger partial charge in [0.1, 0.15) is 0 Å². The van der Waals surface area contributed by atoms with Crippen molar-refractivity contribution in [2.45, 2.75) is 6.54 Å². The molecule has 1 aromatic heterocycles. The van der Waals surface area contributed by atoms with E-state index in [0.29, 0.717) is 0 Å². The number of anilines is 1. The predicted octanol–water partition coefficient (Wildman–Crippen LogP) is 0.273. The van der Waals surface area contributed by atoms with Gasteiger partial charge in [0, 0.05) is 14.2 Å². The summed E-state index contributed by atoms with van der Waals surface area (Å²) in [6.45, 7) is 1.88. The summed E-state index contributed by atoms with van der Waals surface area (Å²) in [4.78, 5) is 2.11. The molecule has 1 rings (SSSR count). The summed E-state index contributed by atoms with van der Waals surface area (Å²) in [5.74, 6) is 0. The van der Waals surface area contributed by atoms with Crippen LogP contribution < -0.4 is 5.73 Å². The third-order valence-electron chi connectivity index (χ3n) is 1.43. The van der Waals surface area contributed by atoms with Crippen molar-refractivity contribution in [3.63, 3.8) is 0 Å². The molecule has 0 radical (unpaired) electrons. The van der Waals surface area contributed by atoms with Crippen molar-refractivity contribution in [1.29, 1.82) is 0 Å². The van der Waals surface area contributed by atoms with Crippen LogP contribution in [0.1, 0.15) is 1.43 Å². The standard InChI is InChI=1S/C7H14N4.H2/c1-10(2)3-4-11-6-7(8)5-9-11;/h5-6H,3-4,8H2,1-2H3;1H. The lowest BCUT2D eigenvalue weighted by Crippen LogP contribution is -2.18. The largest absolute Gasteiger partial charge is 0.396 e. The van der Waals surface area contributed by atoms with E-state index < -0.39 is 0 Å². The minimum Gasteiger partial charge on any atom is -0.396 e. The van der Waals surface area contributed by atoms with Gasteiger partial charge in [0.25, 0.3) is 0 Å². The molecule has 4 heteroatoms. The zero-order valence-corrected chi connectivity index (χ0v) is 6.99. The predicted molar refractivity (Wildman–Crippen MR) is 47.3 cm³/mol. The Hall–Kier alpha value is -1.03. The van der Waals surface area contributed by atoms with Crippen molar-refractivity contribution < 1.29 is 1.43 Å². The zero-order valence-electron chi connectivity index (χ0n) is 6.99. The Bertz CT molecular complexity index is 221. The Morgan fingerprint density at radius 3 is 2.91 bits per heavy atom. The second-order valence-corrected chi connectivity index (χ2v) is 2.84. The molecular weight excluding hydrogens is 140 g/mol. The zero-order chi connectivity index (χ0) is 8.27. The summed E-state index contributed by atoms with van der Waals surface area (Å²) in [7, 11) is 4.07. The maximum atomic E-state index is 5.49. The number of nitrogens with two attached hydrogens (primary N) is 1. The van der Waals surface area contributed by atoms with E-state index in [-0.39, 0.29) is 1.43 Å². The van der Waals surface area contributed by atoms with Crippen LogP contribution in [-0.4, -0.2) is 35.3 Å². The SMILES string of the molecule is CN(C)CCn1cc(N)cn1.[HH]. The molecule has 1 heterocycles. The number of hydrogen-bond donors (Lipinski definition) is 1. The minimum absolute atomic E-state index is 0. The van der Waals surface area contributed by atoms with Crippen molar-refractivity contribution in [3.05, 3.63) is 12.4 Å². The minimum atomic E-state index is 0. The molecule has 0 aliphatic carbocycles. The van der Waals surface area contributed by atoms with E-state index in [1.54, 1.807) is 6.20 Å². The van der Waals surface area contributed by atoms with Gasteiger partial charge in [-0.25, -0.2) is 0 Å². The van der Waals surface area contributed by atoms with Crippen LogP contribution >= 0.6 is 0 Å². The summed E-state index contributed by atoms with van der Waals surface area (Å²) in [6.07, 6.45) is 3.50. The van der Waals surface area contributed by atoms with Crippen LogP contribution in [0.15, 0.2) is 12.4 Å². The fraction of sp³-hybridized carbons (Fsp3) is 0.571. The molecule has 0 amide bonds. The Morgan fingerprint density at radius 2 is 2.45 bits per heavy atom. The number of nitrogen functional groups attached to an aromatic ring is 1. The van der Waals surface area contributed by atoms with Crippen LogP contribution in [0.2, 0.25) is 0 Å². The highest BCUT2D eigenvalue weighted by Crippen LogP contribution is 1.96.